The average Bonchev–Trinajstić information content (AvgIpc) is 3.22. The Morgan fingerprint density at radius 3 is 2.62 bits per heavy atom. The molecule has 1 atom stereocenters. The van der Waals surface area contributed by atoms with E-state index in [4.69, 9.17) is 9.47 Å². The van der Waals surface area contributed by atoms with Gasteiger partial charge >= 0.3 is 6.03 Å². The SMILES string of the molecule is C[C@@H](NC(=O)N1CCN(c2ccccn2)CC1)C(=O)Nc1ccc2c(c1)OCO2. The topological polar surface area (TPSA) is 96.0 Å². The zero-order chi connectivity index (χ0) is 20.2. The summed E-state index contributed by atoms with van der Waals surface area (Å²) in [5, 5.41) is 5.55. The van der Waals surface area contributed by atoms with Crippen LogP contribution in [0.15, 0.2) is 42.6 Å². The van der Waals surface area contributed by atoms with Crippen LogP contribution in [0.3, 0.4) is 0 Å². The molecule has 9 nitrogen and oxygen atoms in total. The zero-order valence-electron chi connectivity index (χ0n) is 16.1. The number of benzene rings is 1. The first-order valence-electron chi connectivity index (χ1n) is 9.52. The number of fused-ring (bicyclic) bond motifs is 1. The summed E-state index contributed by atoms with van der Waals surface area (Å²) in [6.45, 7) is 4.36. The highest BCUT2D eigenvalue weighted by molar-refractivity contribution is 5.97. The molecule has 0 saturated carbocycles. The van der Waals surface area contributed by atoms with Crippen molar-refractivity contribution in [3.63, 3.8) is 0 Å². The Bertz CT molecular complexity index is 884. The molecule has 3 heterocycles. The van der Waals surface area contributed by atoms with Crippen molar-refractivity contribution in [1.29, 1.82) is 0 Å². The lowest BCUT2D eigenvalue weighted by Crippen LogP contribution is -2.54. The Labute approximate surface area is 168 Å². The van der Waals surface area contributed by atoms with Crippen LogP contribution in [0.1, 0.15) is 6.92 Å². The van der Waals surface area contributed by atoms with Gasteiger partial charge in [-0.15, -0.1) is 0 Å². The van der Waals surface area contributed by atoms with Gasteiger partial charge in [0.05, 0.1) is 0 Å². The van der Waals surface area contributed by atoms with Gasteiger partial charge in [0.1, 0.15) is 11.9 Å². The second kappa shape index (κ2) is 8.26. The molecule has 4 rings (SSSR count). The van der Waals surface area contributed by atoms with Crippen LogP contribution in [0.25, 0.3) is 0 Å². The summed E-state index contributed by atoms with van der Waals surface area (Å²) in [6, 6.07) is 10.0. The molecular formula is C20H23N5O4. The lowest BCUT2D eigenvalue weighted by molar-refractivity contribution is -0.117. The minimum atomic E-state index is -0.679. The molecule has 2 aliphatic rings. The van der Waals surface area contributed by atoms with Crippen molar-refractivity contribution in [3.05, 3.63) is 42.6 Å². The first kappa shape index (κ1) is 18.9. The number of piperazine rings is 1. The van der Waals surface area contributed by atoms with E-state index in [0.717, 1.165) is 5.82 Å². The van der Waals surface area contributed by atoms with Gasteiger partial charge in [-0.1, -0.05) is 6.07 Å². The third kappa shape index (κ3) is 4.34. The molecule has 0 spiro atoms. The van der Waals surface area contributed by atoms with E-state index >= 15 is 0 Å². The molecule has 1 saturated heterocycles. The van der Waals surface area contributed by atoms with Gasteiger partial charge < -0.3 is 29.9 Å². The van der Waals surface area contributed by atoms with Gasteiger partial charge in [0.2, 0.25) is 12.7 Å². The van der Waals surface area contributed by atoms with Crippen LogP contribution in [0, 0.1) is 0 Å². The van der Waals surface area contributed by atoms with Gasteiger partial charge in [-0.3, -0.25) is 4.79 Å². The van der Waals surface area contributed by atoms with E-state index in [2.05, 4.69) is 20.5 Å². The van der Waals surface area contributed by atoms with Gasteiger partial charge in [0.25, 0.3) is 0 Å². The lowest BCUT2D eigenvalue weighted by atomic mass is 10.2. The molecule has 0 aliphatic carbocycles. The van der Waals surface area contributed by atoms with Crippen molar-refractivity contribution in [3.8, 4) is 11.5 Å². The molecule has 0 bridgehead atoms. The molecule has 1 aromatic carbocycles. The molecule has 152 valence electrons. The van der Waals surface area contributed by atoms with Crippen molar-refractivity contribution in [2.75, 3.05) is 43.2 Å². The normalized spacial score (nSPS) is 16.3. The largest absolute Gasteiger partial charge is 0.454 e. The Hall–Kier alpha value is -3.49. The van der Waals surface area contributed by atoms with E-state index in [-0.39, 0.29) is 18.7 Å². The quantitative estimate of drug-likeness (QED) is 0.815. The van der Waals surface area contributed by atoms with E-state index in [9.17, 15) is 9.59 Å². The highest BCUT2D eigenvalue weighted by Crippen LogP contribution is 2.34. The molecule has 2 aliphatic heterocycles. The summed E-state index contributed by atoms with van der Waals surface area (Å²) < 4.78 is 10.6. The van der Waals surface area contributed by atoms with Crippen molar-refractivity contribution in [2.24, 2.45) is 0 Å². The van der Waals surface area contributed by atoms with E-state index in [0.29, 0.717) is 43.4 Å². The van der Waals surface area contributed by atoms with E-state index in [1.54, 1.807) is 36.2 Å². The molecule has 1 fully saturated rings. The molecule has 9 heteroatoms. The van der Waals surface area contributed by atoms with Crippen molar-refractivity contribution in [2.45, 2.75) is 13.0 Å². The maximum Gasteiger partial charge on any atom is 0.318 e. The third-order valence-corrected chi connectivity index (χ3v) is 4.91. The molecule has 29 heavy (non-hydrogen) atoms. The lowest BCUT2D eigenvalue weighted by Gasteiger charge is -2.35. The maximum atomic E-state index is 12.5. The predicted molar refractivity (Wildman–Crippen MR) is 107 cm³/mol. The van der Waals surface area contributed by atoms with Crippen molar-refractivity contribution < 1.29 is 19.1 Å². The summed E-state index contributed by atoms with van der Waals surface area (Å²) in [5.74, 6) is 1.84. The first-order valence-corrected chi connectivity index (χ1v) is 9.52. The summed E-state index contributed by atoms with van der Waals surface area (Å²) in [4.78, 5) is 33.2. The summed E-state index contributed by atoms with van der Waals surface area (Å²) in [5.41, 5.74) is 0.587. The van der Waals surface area contributed by atoms with Crippen LogP contribution in [0.4, 0.5) is 16.3 Å². The standard InChI is InChI=1S/C20H23N5O4/c1-14(19(26)23-15-5-6-16-17(12-15)29-13-28-16)22-20(27)25-10-8-24(9-11-25)18-4-2-3-7-21-18/h2-7,12,14H,8-11,13H2,1H3,(H,22,27)(H,23,26)/t14-/m1/s1. The number of carbonyl (C=O) groups is 2. The number of amides is 3. The zero-order valence-corrected chi connectivity index (χ0v) is 16.1. The fourth-order valence-corrected chi connectivity index (χ4v) is 3.25. The van der Waals surface area contributed by atoms with Crippen LogP contribution >= 0.6 is 0 Å². The number of rotatable bonds is 4. The number of hydrogen-bond acceptors (Lipinski definition) is 6. The van der Waals surface area contributed by atoms with Crippen molar-refractivity contribution >= 4 is 23.4 Å². The summed E-state index contributed by atoms with van der Waals surface area (Å²) in [6.07, 6.45) is 1.76. The molecule has 0 unspecified atom stereocenters. The van der Waals surface area contributed by atoms with Crippen molar-refractivity contribution in [1.82, 2.24) is 15.2 Å². The fourth-order valence-electron chi connectivity index (χ4n) is 3.25. The number of ether oxygens (including phenoxy) is 2. The van der Waals surface area contributed by atoms with Crippen LogP contribution in [0.5, 0.6) is 11.5 Å². The molecule has 2 N–H and O–H groups in total. The second-order valence-electron chi connectivity index (χ2n) is 6.89. The van der Waals surface area contributed by atoms with E-state index in [1.807, 2.05) is 18.2 Å². The van der Waals surface area contributed by atoms with Crippen LogP contribution < -0.4 is 25.0 Å². The summed E-state index contributed by atoms with van der Waals surface area (Å²) in [7, 11) is 0. The number of aromatic nitrogens is 1. The Morgan fingerprint density at radius 2 is 1.86 bits per heavy atom. The molecular weight excluding hydrogens is 374 g/mol. The number of carbonyl (C=O) groups excluding carboxylic acids is 2. The monoisotopic (exact) mass is 397 g/mol. The number of nitrogens with zero attached hydrogens (tertiary/aromatic N) is 3. The van der Waals surface area contributed by atoms with Crippen LogP contribution in [0.2, 0.25) is 0 Å². The number of anilines is 2. The van der Waals surface area contributed by atoms with Gasteiger partial charge in [0, 0.05) is 44.1 Å². The Balaban J connectivity index is 1.26. The molecule has 2 aromatic rings. The average molecular weight is 397 g/mol. The maximum absolute atomic E-state index is 12.5. The smallest absolute Gasteiger partial charge is 0.318 e. The first-order chi connectivity index (χ1) is 14.1. The van der Waals surface area contributed by atoms with Crippen LogP contribution in [-0.4, -0.2) is 60.8 Å². The van der Waals surface area contributed by atoms with E-state index in [1.165, 1.54) is 0 Å². The second-order valence-corrected chi connectivity index (χ2v) is 6.89. The third-order valence-electron chi connectivity index (χ3n) is 4.91. The summed E-state index contributed by atoms with van der Waals surface area (Å²) >= 11 is 0. The fraction of sp³-hybridized carbons (Fsp3) is 0.350. The minimum Gasteiger partial charge on any atom is -0.454 e. The van der Waals surface area contributed by atoms with Gasteiger partial charge in [-0.25, -0.2) is 9.78 Å². The predicted octanol–water partition coefficient (Wildman–Crippen LogP) is 1.67. The van der Waals surface area contributed by atoms with E-state index < -0.39 is 6.04 Å². The highest BCUT2D eigenvalue weighted by atomic mass is 16.7. The highest BCUT2D eigenvalue weighted by Gasteiger charge is 2.25. The van der Waals surface area contributed by atoms with Gasteiger partial charge in [-0.05, 0) is 31.2 Å². The molecule has 0 radical (unpaired) electrons. The van der Waals surface area contributed by atoms with Gasteiger partial charge in [0.15, 0.2) is 11.5 Å². The number of urea groups is 1. The number of pyridine rings is 1. The molecule has 3 amide bonds. The number of nitrogens with one attached hydrogen (secondary N) is 2. The van der Waals surface area contributed by atoms with Gasteiger partial charge in [-0.2, -0.15) is 0 Å². The Kier molecular flexibility index (Phi) is 5.37. The van der Waals surface area contributed by atoms with Crippen LogP contribution in [-0.2, 0) is 4.79 Å². The Morgan fingerprint density at radius 1 is 1.07 bits per heavy atom. The minimum absolute atomic E-state index is 0.173. The number of hydrogen-bond donors (Lipinski definition) is 2. The molecule has 1 aromatic heterocycles.